The Hall–Kier alpha value is -0.330. The summed E-state index contributed by atoms with van der Waals surface area (Å²) in [7, 11) is 2.90. The minimum Gasteiger partial charge on any atom is -0.637 e. The van der Waals surface area contributed by atoms with Crippen LogP contribution in [0.1, 0.15) is 36.6 Å². The molecule has 0 atom stereocenters. The van der Waals surface area contributed by atoms with Gasteiger partial charge in [-0.2, -0.15) is 7.11 Å². The van der Waals surface area contributed by atoms with Crippen molar-refractivity contribution in [1.29, 1.82) is 0 Å². The summed E-state index contributed by atoms with van der Waals surface area (Å²) in [5.41, 5.74) is 0.370. The van der Waals surface area contributed by atoms with Gasteiger partial charge in [-0.15, -0.1) is 0 Å². The second-order valence-electron chi connectivity index (χ2n) is 1.21. The molecule has 0 amide bonds. The van der Waals surface area contributed by atoms with Gasteiger partial charge < -0.3 is 12.2 Å². The van der Waals surface area contributed by atoms with E-state index in [0.717, 1.165) is 0 Å². The Bertz CT molecular complexity index is 110. The quantitative estimate of drug-likeness (QED) is 0.153. The maximum absolute atomic E-state index is 10.1. The fraction of sp³-hybridized carbons (Fsp3) is 0.500. The van der Waals surface area contributed by atoms with Crippen molar-refractivity contribution in [2.45, 2.75) is 36.6 Å². The van der Waals surface area contributed by atoms with Crippen molar-refractivity contribution >= 4 is 43.2 Å². The van der Waals surface area contributed by atoms with Gasteiger partial charge in [-0.3, -0.25) is 0 Å². The molecule has 0 aromatic heterocycles. The fourth-order valence-corrected chi connectivity index (χ4v) is 0.123. The predicted octanol–water partition coefficient (Wildman–Crippen LogP) is 5.66. The number of carbonyl (C=O) groups is 1. The van der Waals surface area contributed by atoms with Crippen LogP contribution in [0.15, 0.2) is 12.2 Å². The summed E-state index contributed by atoms with van der Waals surface area (Å²) in [5, 5.41) is 0. The van der Waals surface area contributed by atoms with Crippen LogP contribution in [-0.4, -0.2) is 5.97 Å². The van der Waals surface area contributed by atoms with E-state index in [1.807, 2.05) is 0 Å². The number of halogens is 2. The number of rotatable bonds is 1. The van der Waals surface area contributed by atoms with E-state index in [0.29, 0.717) is 5.57 Å². The summed E-state index contributed by atoms with van der Waals surface area (Å²) in [4.78, 5) is 10.1. The summed E-state index contributed by atoms with van der Waals surface area (Å²) in [5.74, 6) is -0.458. The molecule has 0 spiro atoms. The first-order valence-corrected chi connectivity index (χ1v) is 8.23. The predicted molar refractivity (Wildman–Crippen MR) is 87.6 cm³/mol. The van der Waals surface area contributed by atoms with Crippen molar-refractivity contribution in [3.63, 3.8) is 0 Å². The first-order valence-electron chi connectivity index (χ1n) is 1.94. The third kappa shape index (κ3) is 57.9. The number of ether oxygens (including phenoxy) is 1. The normalized spacial score (nSPS) is 4.00. The monoisotopic (exact) mass is 699 g/mol. The molecule has 0 heterocycles. The molecule has 0 fully saturated rings. The van der Waals surface area contributed by atoms with Crippen LogP contribution in [0, 0.1) is 14.5 Å². The van der Waals surface area contributed by atoms with Gasteiger partial charge in [0.25, 0.3) is 0 Å². The molecular weight excluding hydrogens is 673 g/mol. The molecule has 0 aliphatic rings. The molecule has 0 aromatic carbocycles. The number of carbonyl (C=O) groups excluding carboxylic acids is 1. The van der Waals surface area contributed by atoms with Crippen molar-refractivity contribution in [2.24, 2.45) is 0 Å². The molecule has 0 radical (unpaired) electrons. The Labute approximate surface area is 115 Å². The molecule has 0 aliphatic carbocycles. The van der Waals surface area contributed by atoms with Crippen LogP contribution in [0.3, 0.4) is 0 Å². The Balaban J connectivity index is -0.00000000965. The molecule has 96 valence electrons. The van der Waals surface area contributed by atoms with Crippen LogP contribution >= 0.6 is 37.2 Å². The van der Waals surface area contributed by atoms with Gasteiger partial charge in [0.2, 0.25) is 0 Å². The molecule has 15 heavy (non-hydrogen) atoms. The zero-order valence-corrected chi connectivity index (χ0v) is 17.4. The molecule has 0 unspecified atom stereocenters. The fourth-order valence-electron chi connectivity index (χ4n) is 0.123. The van der Waals surface area contributed by atoms with E-state index in [4.69, 9.17) is 0 Å². The molecule has 5 heteroatoms. The minimum absolute atomic E-state index is 0. The Morgan fingerprint density at radius 2 is 1.40 bits per heavy atom. The van der Waals surface area contributed by atoms with E-state index >= 15 is 0 Å². The van der Waals surface area contributed by atoms with Gasteiger partial charge in [0.1, 0.15) is 0 Å². The molecule has 0 rings (SSSR count). The van der Waals surface area contributed by atoms with Crippen molar-refractivity contribution in [1.82, 2.24) is 0 Å². The second kappa shape index (κ2) is 49.3. The zero-order chi connectivity index (χ0) is 7.86. The van der Waals surface area contributed by atoms with Crippen LogP contribution in [-0.2, 0) is 9.53 Å². The number of hydrogen-bond donors (Lipinski definition) is 0. The van der Waals surface area contributed by atoms with Gasteiger partial charge >= 0.3 is 5.97 Å². The summed E-state index contributed by atoms with van der Waals surface area (Å²) in [6.45, 7) is 4.87. The van der Waals surface area contributed by atoms with Crippen LogP contribution in [0.4, 0.5) is 0 Å². The van der Waals surface area contributed by atoms with Gasteiger partial charge in [0.15, 0.2) is 0 Å². The topological polar surface area (TPSA) is 26.3 Å². The Kier molecular flexibility index (Phi) is 203. The van der Waals surface area contributed by atoms with Crippen LogP contribution in [0.2, 0.25) is 0 Å². The van der Waals surface area contributed by atoms with Gasteiger partial charge in [0, 0.05) is 42.8 Å². The van der Waals surface area contributed by atoms with E-state index in [-0.39, 0.29) is 37.1 Å². The average molecular weight is 699 g/mol. The summed E-state index contributed by atoms with van der Waals surface area (Å²) in [6.07, 6.45) is 0. The minimum atomic E-state index is -0.458. The van der Waals surface area contributed by atoms with Crippen LogP contribution in [0.25, 0.3) is 0 Å². The summed E-state index contributed by atoms with van der Waals surface area (Å²) >= 11 is 4.24. The van der Waals surface area contributed by atoms with E-state index in [1.54, 1.807) is 6.92 Å². The first-order chi connectivity index (χ1) is 4.18. The third-order valence-electron chi connectivity index (χ3n) is 0.480. The molecule has 0 saturated heterocycles. The standard InChI is InChI=1S/C5H7O2.4CH4.CH3.I2.Rf/c1-4(2)5(6)7-3;;;;;;1-2;/h1,3H2,2H3;4*1H4;1H3;;/q-1;;;;;-1;;. The van der Waals surface area contributed by atoms with Crippen molar-refractivity contribution in [2.75, 3.05) is 0 Å². The van der Waals surface area contributed by atoms with E-state index in [9.17, 15) is 4.79 Å². The molecule has 0 aliphatic heterocycles. The van der Waals surface area contributed by atoms with Gasteiger partial charge in [0.05, 0.1) is 0 Å². The van der Waals surface area contributed by atoms with Crippen molar-refractivity contribution in [3.05, 3.63) is 26.7 Å². The van der Waals surface area contributed by atoms with Gasteiger partial charge in [-0.1, -0.05) is 36.3 Å². The average Bonchev–Trinajstić information content (AvgIpc) is 1.91. The SMILES string of the molecule is C.C.C.C.C=C(C)C(=O)O[CH2-].II.[CH3-].[Rf]. The molecule has 0 saturated carbocycles. The van der Waals surface area contributed by atoms with Crippen molar-refractivity contribution in [3.8, 4) is 0 Å². The number of esters is 1. The van der Waals surface area contributed by atoms with E-state index in [2.05, 4.69) is 55.7 Å². The first kappa shape index (κ1) is 61.6. The smallest absolute Gasteiger partial charge is 0.301 e. The number of hydrogen-bond acceptors (Lipinski definition) is 2. The van der Waals surface area contributed by atoms with Crippen LogP contribution in [0.5, 0.6) is 0 Å². The van der Waals surface area contributed by atoms with E-state index < -0.39 is 5.97 Å². The molecule has 0 bridgehead atoms. The zero-order valence-electron chi connectivity index (χ0n) is 6.69. The summed E-state index contributed by atoms with van der Waals surface area (Å²) < 4.78 is 4.02. The van der Waals surface area contributed by atoms with Crippen LogP contribution < -0.4 is 0 Å². The molecule has 0 aromatic rings. The third-order valence-corrected chi connectivity index (χ3v) is 0.480. The largest absolute Gasteiger partial charge is 0.637 e. The van der Waals surface area contributed by atoms with Gasteiger partial charge in [-0.25, -0.2) is 4.79 Å². The molecule has 0 N–H and O–H groups in total. The van der Waals surface area contributed by atoms with Gasteiger partial charge in [-0.05, 0) is 6.92 Å². The summed E-state index contributed by atoms with van der Waals surface area (Å²) in [6, 6.07) is 0. The maximum Gasteiger partial charge on any atom is 0.301 e. The maximum atomic E-state index is 10.1. The Morgan fingerprint density at radius 1 is 1.20 bits per heavy atom. The Morgan fingerprint density at radius 3 is 1.40 bits per heavy atom. The van der Waals surface area contributed by atoms with Crippen molar-refractivity contribution < 1.29 is 9.53 Å². The second-order valence-corrected chi connectivity index (χ2v) is 1.21. The van der Waals surface area contributed by atoms with E-state index in [1.165, 1.54) is 0 Å². The molecule has 2 nitrogen and oxygen atoms in total. The molecular formula is C10H26I2O2Rf-2.